The first-order valence-electron chi connectivity index (χ1n) is 3.70. The number of ether oxygens (including phenoxy) is 1. The van der Waals surface area contributed by atoms with Gasteiger partial charge in [-0.05, 0) is 6.92 Å². The zero-order valence-corrected chi connectivity index (χ0v) is 7.61. The summed E-state index contributed by atoms with van der Waals surface area (Å²) in [6.45, 7) is 4.20. The van der Waals surface area contributed by atoms with E-state index in [1.54, 1.807) is 0 Å². The maximum atomic E-state index is 11.7. The van der Waals surface area contributed by atoms with Crippen LogP contribution in [0.3, 0.4) is 0 Å². The van der Waals surface area contributed by atoms with Gasteiger partial charge in [0.2, 0.25) is 0 Å². The predicted octanol–water partition coefficient (Wildman–Crippen LogP) is 2.65. The molecule has 13 heavy (non-hydrogen) atoms. The normalized spacial score (nSPS) is 13.3. The van der Waals surface area contributed by atoms with E-state index in [4.69, 9.17) is 0 Å². The molecule has 0 radical (unpaired) electrons. The van der Waals surface area contributed by atoms with E-state index in [1.807, 2.05) is 0 Å². The molecule has 2 nitrogen and oxygen atoms in total. The van der Waals surface area contributed by atoms with Gasteiger partial charge >= 0.3 is 6.36 Å². The number of ketones is 1. The maximum Gasteiger partial charge on any atom is 0.572 e. The van der Waals surface area contributed by atoms with Crippen LogP contribution in [-0.2, 0) is 9.53 Å². The summed E-state index contributed by atoms with van der Waals surface area (Å²) < 4.78 is 38.9. The Kier molecular flexibility index (Phi) is 3.97. The number of hydrogen-bond acceptors (Lipinski definition) is 2. The van der Waals surface area contributed by atoms with Gasteiger partial charge in [-0.1, -0.05) is 13.8 Å². The fourth-order valence-electron chi connectivity index (χ4n) is 0.648. The van der Waals surface area contributed by atoms with E-state index in [1.165, 1.54) is 20.8 Å². The van der Waals surface area contributed by atoms with Gasteiger partial charge in [0.05, 0.1) is 0 Å². The van der Waals surface area contributed by atoms with Crippen molar-refractivity contribution < 1.29 is 22.7 Å². The third-order valence-corrected chi connectivity index (χ3v) is 1.15. The quantitative estimate of drug-likeness (QED) is 0.512. The number of alkyl halides is 3. The van der Waals surface area contributed by atoms with Crippen LogP contribution in [-0.4, -0.2) is 12.1 Å². The van der Waals surface area contributed by atoms with Crippen LogP contribution in [0.4, 0.5) is 13.2 Å². The second kappa shape index (κ2) is 4.30. The molecule has 5 heteroatoms. The molecule has 0 aromatic carbocycles. The van der Waals surface area contributed by atoms with E-state index in [9.17, 15) is 18.0 Å². The van der Waals surface area contributed by atoms with Crippen molar-refractivity contribution in [3.8, 4) is 0 Å². The van der Waals surface area contributed by atoms with E-state index >= 15 is 0 Å². The van der Waals surface area contributed by atoms with Crippen LogP contribution in [0.15, 0.2) is 11.8 Å². The molecule has 76 valence electrons. The summed E-state index contributed by atoms with van der Waals surface area (Å²) in [5.41, 5.74) is 0. The monoisotopic (exact) mass is 196 g/mol. The van der Waals surface area contributed by atoms with E-state index in [0.717, 1.165) is 6.08 Å². The molecule has 0 fully saturated rings. The lowest BCUT2D eigenvalue weighted by Crippen LogP contribution is -2.16. The van der Waals surface area contributed by atoms with Gasteiger partial charge in [-0.3, -0.25) is 4.79 Å². The standard InChI is InChI=1S/C8H11F3O2/c1-5(2)7(4-6(3)12)13-8(9,10)11/h4-5H,1-3H3. The Morgan fingerprint density at radius 3 is 2.08 bits per heavy atom. The highest BCUT2D eigenvalue weighted by Gasteiger charge is 2.32. The Bertz CT molecular complexity index is 216. The van der Waals surface area contributed by atoms with E-state index in [0.29, 0.717) is 0 Å². The highest BCUT2D eigenvalue weighted by Crippen LogP contribution is 2.24. The Hall–Kier alpha value is -1.00. The lowest BCUT2D eigenvalue weighted by molar-refractivity contribution is -0.308. The third-order valence-electron chi connectivity index (χ3n) is 1.15. The SMILES string of the molecule is CC(=O)C=C(OC(F)(F)F)C(C)C. The van der Waals surface area contributed by atoms with Gasteiger partial charge in [-0.25, -0.2) is 0 Å². The van der Waals surface area contributed by atoms with Crippen LogP contribution in [0.2, 0.25) is 0 Å². The zero-order valence-electron chi connectivity index (χ0n) is 7.61. The summed E-state index contributed by atoms with van der Waals surface area (Å²) >= 11 is 0. The third kappa shape index (κ3) is 6.19. The van der Waals surface area contributed by atoms with Gasteiger partial charge < -0.3 is 4.74 Å². The first-order chi connectivity index (χ1) is 5.72. The summed E-state index contributed by atoms with van der Waals surface area (Å²) in [5.74, 6) is -1.29. The number of carbonyl (C=O) groups excluding carboxylic acids is 1. The van der Waals surface area contributed by atoms with Crippen LogP contribution in [0.1, 0.15) is 20.8 Å². The van der Waals surface area contributed by atoms with Crippen molar-refractivity contribution >= 4 is 5.78 Å². The molecule has 0 aliphatic heterocycles. The van der Waals surface area contributed by atoms with Gasteiger partial charge in [0, 0.05) is 12.0 Å². The Balaban J connectivity index is 4.55. The fourth-order valence-corrected chi connectivity index (χ4v) is 0.648. The molecular weight excluding hydrogens is 185 g/mol. The van der Waals surface area contributed by atoms with Crippen molar-refractivity contribution in [2.24, 2.45) is 5.92 Å². The second-order valence-electron chi connectivity index (χ2n) is 2.86. The molecule has 0 aromatic heterocycles. The summed E-state index contributed by atoms with van der Waals surface area (Å²) in [4.78, 5) is 10.5. The van der Waals surface area contributed by atoms with Crippen LogP contribution in [0.25, 0.3) is 0 Å². The largest absolute Gasteiger partial charge is 0.572 e. The molecular formula is C8H11F3O2. The topological polar surface area (TPSA) is 26.3 Å². The van der Waals surface area contributed by atoms with E-state index in [-0.39, 0.29) is 5.76 Å². The summed E-state index contributed by atoms with van der Waals surface area (Å²) in [5, 5.41) is 0. The van der Waals surface area contributed by atoms with Crippen molar-refractivity contribution in [1.82, 2.24) is 0 Å². The molecule has 0 heterocycles. The molecule has 0 unspecified atom stereocenters. The number of rotatable bonds is 3. The molecule has 0 saturated heterocycles. The highest BCUT2D eigenvalue weighted by molar-refractivity contribution is 5.87. The number of allylic oxidation sites excluding steroid dienone is 2. The van der Waals surface area contributed by atoms with Gasteiger partial charge in [0.25, 0.3) is 0 Å². The molecule has 0 aromatic rings. The first kappa shape index (κ1) is 12.0. The van der Waals surface area contributed by atoms with Gasteiger partial charge in [0.15, 0.2) is 5.78 Å². The van der Waals surface area contributed by atoms with Crippen molar-refractivity contribution in [3.63, 3.8) is 0 Å². The molecule has 0 aliphatic rings. The maximum absolute atomic E-state index is 11.7. The molecule has 0 saturated carbocycles. The highest BCUT2D eigenvalue weighted by atomic mass is 19.4. The Labute approximate surface area is 74.4 Å². The van der Waals surface area contributed by atoms with Crippen molar-refractivity contribution in [2.45, 2.75) is 27.1 Å². The average Bonchev–Trinajstić information content (AvgIpc) is 1.81. The number of carbonyl (C=O) groups is 1. The van der Waals surface area contributed by atoms with E-state index in [2.05, 4.69) is 4.74 Å². The lowest BCUT2D eigenvalue weighted by Gasteiger charge is -2.14. The van der Waals surface area contributed by atoms with Crippen LogP contribution in [0, 0.1) is 5.92 Å². The first-order valence-corrected chi connectivity index (χ1v) is 3.70. The molecule has 0 N–H and O–H groups in total. The molecule has 0 rings (SSSR count). The van der Waals surface area contributed by atoms with Gasteiger partial charge in [-0.15, -0.1) is 13.2 Å². The molecule has 0 spiro atoms. The smallest absolute Gasteiger partial charge is 0.410 e. The predicted molar refractivity (Wildman–Crippen MR) is 40.7 cm³/mol. The molecule has 0 atom stereocenters. The van der Waals surface area contributed by atoms with Crippen LogP contribution >= 0.6 is 0 Å². The fraction of sp³-hybridized carbons (Fsp3) is 0.625. The van der Waals surface area contributed by atoms with Gasteiger partial charge in [0.1, 0.15) is 5.76 Å². The Morgan fingerprint density at radius 1 is 1.38 bits per heavy atom. The zero-order chi connectivity index (χ0) is 10.6. The minimum absolute atomic E-state index is 0.361. The minimum atomic E-state index is -4.73. The summed E-state index contributed by atoms with van der Waals surface area (Å²) in [7, 11) is 0. The molecule has 0 bridgehead atoms. The Morgan fingerprint density at radius 2 is 1.85 bits per heavy atom. The lowest BCUT2D eigenvalue weighted by atomic mass is 10.1. The minimum Gasteiger partial charge on any atom is -0.410 e. The summed E-state index contributed by atoms with van der Waals surface area (Å²) in [6, 6.07) is 0. The van der Waals surface area contributed by atoms with Crippen molar-refractivity contribution in [1.29, 1.82) is 0 Å². The molecule has 0 amide bonds. The van der Waals surface area contributed by atoms with Gasteiger partial charge in [-0.2, -0.15) is 0 Å². The van der Waals surface area contributed by atoms with Crippen molar-refractivity contribution in [2.75, 3.05) is 0 Å². The number of halogens is 3. The average molecular weight is 196 g/mol. The van der Waals surface area contributed by atoms with Crippen LogP contribution in [0.5, 0.6) is 0 Å². The van der Waals surface area contributed by atoms with Crippen LogP contribution < -0.4 is 0 Å². The van der Waals surface area contributed by atoms with Crippen molar-refractivity contribution in [3.05, 3.63) is 11.8 Å². The number of hydrogen-bond donors (Lipinski definition) is 0. The summed E-state index contributed by atoms with van der Waals surface area (Å²) in [6.07, 6.45) is -3.89. The van der Waals surface area contributed by atoms with E-state index < -0.39 is 18.1 Å². The second-order valence-corrected chi connectivity index (χ2v) is 2.86. The molecule has 0 aliphatic carbocycles.